The van der Waals surface area contributed by atoms with Crippen molar-refractivity contribution < 1.29 is 17.9 Å². The van der Waals surface area contributed by atoms with Crippen LogP contribution in [0.2, 0.25) is 5.02 Å². The van der Waals surface area contributed by atoms with Crippen LogP contribution >= 0.6 is 11.6 Å². The van der Waals surface area contributed by atoms with Gasteiger partial charge in [0.2, 0.25) is 15.9 Å². The van der Waals surface area contributed by atoms with E-state index in [1.54, 1.807) is 17.0 Å². The van der Waals surface area contributed by atoms with Crippen molar-refractivity contribution in [1.82, 2.24) is 14.5 Å². The Balaban J connectivity index is 1.39. The topological polar surface area (TPSA) is 79.0 Å². The molecule has 0 aromatic heterocycles. The predicted octanol–water partition coefficient (Wildman–Crippen LogP) is 1.33. The van der Waals surface area contributed by atoms with Gasteiger partial charge in [-0.2, -0.15) is 0 Å². The Labute approximate surface area is 165 Å². The molecule has 27 heavy (non-hydrogen) atoms. The van der Waals surface area contributed by atoms with Crippen molar-refractivity contribution in [3.05, 3.63) is 29.3 Å². The third kappa shape index (κ3) is 5.89. The van der Waals surface area contributed by atoms with Gasteiger partial charge in [-0.05, 0) is 31.0 Å². The molecule has 2 aliphatic heterocycles. The lowest BCUT2D eigenvalue weighted by Gasteiger charge is -2.35. The molecule has 1 aromatic rings. The van der Waals surface area contributed by atoms with E-state index in [0.717, 1.165) is 39.1 Å². The SMILES string of the molecule is O=C(CCNS(=O)(=O)c1cccc(Cl)c1)N1CCN(CC2CCCO2)CC1. The molecule has 0 spiro atoms. The Morgan fingerprint density at radius 2 is 2.04 bits per heavy atom. The van der Waals surface area contributed by atoms with Gasteiger partial charge >= 0.3 is 0 Å². The average Bonchev–Trinajstić information content (AvgIpc) is 3.15. The number of hydrogen-bond acceptors (Lipinski definition) is 5. The number of nitrogens with zero attached hydrogens (tertiary/aromatic N) is 2. The van der Waals surface area contributed by atoms with E-state index >= 15 is 0 Å². The highest BCUT2D eigenvalue weighted by Crippen LogP contribution is 2.16. The minimum atomic E-state index is -3.66. The summed E-state index contributed by atoms with van der Waals surface area (Å²) in [5.41, 5.74) is 0. The van der Waals surface area contributed by atoms with Crippen LogP contribution in [0, 0.1) is 0 Å². The summed E-state index contributed by atoms with van der Waals surface area (Å²) < 4.78 is 32.6. The van der Waals surface area contributed by atoms with E-state index in [-0.39, 0.29) is 23.8 Å². The molecule has 1 N–H and O–H groups in total. The Morgan fingerprint density at radius 1 is 1.26 bits per heavy atom. The zero-order valence-electron chi connectivity index (χ0n) is 15.3. The van der Waals surface area contributed by atoms with Crippen LogP contribution in [0.15, 0.2) is 29.2 Å². The van der Waals surface area contributed by atoms with E-state index in [1.165, 1.54) is 12.1 Å². The van der Waals surface area contributed by atoms with Crippen LogP contribution in [0.5, 0.6) is 0 Å². The lowest BCUT2D eigenvalue weighted by molar-refractivity contribution is -0.132. The van der Waals surface area contributed by atoms with Gasteiger partial charge in [-0.15, -0.1) is 0 Å². The van der Waals surface area contributed by atoms with E-state index in [2.05, 4.69) is 9.62 Å². The molecule has 2 aliphatic rings. The standard InChI is InChI=1S/C18H26ClN3O4S/c19-15-3-1-5-17(13-15)27(24,25)20-7-6-18(23)22-10-8-21(9-11-22)14-16-4-2-12-26-16/h1,3,5,13,16,20H,2,4,6-12,14H2. The molecule has 150 valence electrons. The number of piperazine rings is 1. The molecule has 0 saturated carbocycles. The number of hydrogen-bond donors (Lipinski definition) is 1. The smallest absolute Gasteiger partial charge is 0.240 e. The van der Waals surface area contributed by atoms with E-state index in [9.17, 15) is 13.2 Å². The molecule has 2 heterocycles. The number of sulfonamides is 1. The quantitative estimate of drug-likeness (QED) is 0.726. The van der Waals surface area contributed by atoms with Crippen molar-refractivity contribution in [3.8, 4) is 0 Å². The largest absolute Gasteiger partial charge is 0.377 e. The van der Waals surface area contributed by atoms with E-state index in [0.29, 0.717) is 24.2 Å². The minimum absolute atomic E-state index is 0.0273. The second-order valence-electron chi connectivity index (χ2n) is 6.92. The first-order valence-electron chi connectivity index (χ1n) is 9.31. The lowest BCUT2D eigenvalue weighted by atomic mass is 10.2. The summed E-state index contributed by atoms with van der Waals surface area (Å²) in [4.78, 5) is 16.6. The van der Waals surface area contributed by atoms with Crippen LogP contribution in [-0.4, -0.2) is 76.1 Å². The molecule has 2 saturated heterocycles. The van der Waals surface area contributed by atoms with Crippen molar-refractivity contribution in [2.45, 2.75) is 30.3 Å². The Bertz CT molecular complexity index is 745. The number of rotatable bonds is 7. The van der Waals surface area contributed by atoms with Gasteiger partial charge in [-0.1, -0.05) is 17.7 Å². The highest BCUT2D eigenvalue weighted by Gasteiger charge is 2.25. The van der Waals surface area contributed by atoms with Gasteiger partial charge in [0.05, 0.1) is 11.0 Å². The fourth-order valence-corrected chi connectivity index (χ4v) is 4.76. The van der Waals surface area contributed by atoms with Crippen LogP contribution in [0.25, 0.3) is 0 Å². The van der Waals surface area contributed by atoms with E-state index in [4.69, 9.17) is 16.3 Å². The molecular formula is C18H26ClN3O4S. The highest BCUT2D eigenvalue weighted by atomic mass is 35.5. The van der Waals surface area contributed by atoms with Crippen molar-refractivity contribution in [2.24, 2.45) is 0 Å². The normalized spacial score (nSPS) is 21.5. The van der Waals surface area contributed by atoms with Gasteiger partial charge in [0.25, 0.3) is 0 Å². The molecule has 7 nitrogen and oxygen atoms in total. The summed E-state index contributed by atoms with van der Waals surface area (Å²) in [6.45, 7) is 4.87. The fourth-order valence-electron chi connectivity index (χ4n) is 3.42. The molecule has 3 rings (SSSR count). The summed E-state index contributed by atoms with van der Waals surface area (Å²) in [6, 6.07) is 6.06. The number of ether oxygens (including phenoxy) is 1. The fraction of sp³-hybridized carbons (Fsp3) is 0.611. The molecular weight excluding hydrogens is 390 g/mol. The first-order valence-corrected chi connectivity index (χ1v) is 11.2. The Hall–Kier alpha value is -1.19. The molecule has 9 heteroatoms. The molecule has 1 unspecified atom stereocenters. The van der Waals surface area contributed by atoms with Gasteiger partial charge in [-0.25, -0.2) is 13.1 Å². The maximum atomic E-state index is 12.4. The molecule has 0 aliphatic carbocycles. The second kappa shape index (κ2) is 9.34. The number of benzene rings is 1. The van der Waals surface area contributed by atoms with Crippen molar-refractivity contribution in [1.29, 1.82) is 0 Å². The van der Waals surface area contributed by atoms with Gasteiger partial charge < -0.3 is 9.64 Å². The minimum Gasteiger partial charge on any atom is -0.377 e. The number of amides is 1. The monoisotopic (exact) mass is 415 g/mol. The number of carbonyl (C=O) groups is 1. The summed E-state index contributed by atoms with van der Waals surface area (Å²) in [5.74, 6) is -0.0273. The van der Waals surface area contributed by atoms with Crippen LogP contribution in [0.3, 0.4) is 0 Å². The molecule has 2 fully saturated rings. The zero-order chi connectivity index (χ0) is 19.3. The first kappa shape index (κ1) is 20.5. The van der Waals surface area contributed by atoms with Crippen molar-refractivity contribution in [2.75, 3.05) is 45.9 Å². The zero-order valence-corrected chi connectivity index (χ0v) is 16.8. The summed E-state index contributed by atoms with van der Waals surface area (Å²) in [7, 11) is -3.66. The van der Waals surface area contributed by atoms with Crippen molar-refractivity contribution in [3.63, 3.8) is 0 Å². The van der Waals surface area contributed by atoms with E-state index in [1.807, 2.05) is 0 Å². The first-order chi connectivity index (χ1) is 12.9. The Morgan fingerprint density at radius 3 is 2.70 bits per heavy atom. The second-order valence-corrected chi connectivity index (χ2v) is 9.12. The maximum absolute atomic E-state index is 12.4. The molecule has 0 radical (unpaired) electrons. The molecule has 1 aromatic carbocycles. The lowest BCUT2D eigenvalue weighted by Crippen LogP contribution is -2.50. The number of nitrogens with one attached hydrogen (secondary N) is 1. The molecule has 1 amide bonds. The summed E-state index contributed by atoms with van der Waals surface area (Å²) in [6.07, 6.45) is 2.72. The highest BCUT2D eigenvalue weighted by molar-refractivity contribution is 7.89. The van der Waals surface area contributed by atoms with Crippen LogP contribution in [0.4, 0.5) is 0 Å². The average molecular weight is 416 g/mol. The molecule has 0 bridgehead atoms. The van der Waals surface area contributed by atoms with Gasteiger partial charge in [0.15, 0.2) is 0 Å². The third-order valence-corrected chi connectivity index (χ3v) is 6.64. The third-order valence-electron chi connectivity index (χ3n) is 4.95. The number of carbonyl (C=O) groups excluding carboxylic acids is 1. The van der Waals surface area contributed by atoms with Crippen LogP contribution < -0.4 is 4.72 Å². The predicted molar refractivity (Wildman–Crippen MR) is 103 cm³/mol. The molecule has 1 atom stereocenters. The van der Waals surface area contributed by atoms with Gasteiger partial charge in [0.1, 0.15) is 0 Å². The van der Waals surface area contributed by atoms with Crippen LogP contribution in [-0.2, 0) is 19.6 Å². The van der Waals surface area contributed by atoms with Crippen molar-refractivity contribution >= 4 is 27.5 Å². The maximum Gasteiger partial charge on any atom is 0.240 e. The Kier molecular flexibility index (Phi) is 7.10. The van der Waals surface area contributed by atoms with Gasteiger partial charge in [-0.3, -0.25) is 9.69 Å². The van der Waals surface area contributed by atoms with Crippen LogP contribution in [0.1, 0.15) is 19.3 Å². The van der Waals surface area contributed by atoms with E-state index < -0.39 is 10.0 Å². The van der Waals surface area contributed by atoms with Gasteiger partial charge in [0, 0.05) is 57.3 Å². The number of halogens is 1. The summed E-state index contributed by atoms with van der Waals surface area (Å²) in [5, 5.41) is 0.356. The summed E-state index contributed by atoms with van der Waals surface area (Å²) >= 11 is 5.84.